The van der Waals surface area contributed by atoms with Crippen molar-refractivity contribution < 1.29 is 8.42 Å². The van der Waals surface area contributed by atoms with Crippen molar-refractivity contribution in [3.63, 3.8) is 0 Å². The van der Waals surface area contributed by atoms with E-state index in [2.05, 4.69) is 14.9 Å². The standard InChI is InChI=1S/C10H17N3O2S2/c14-17(15,12-10-1-7-16-9-10)8-6-13-4-2-11-3-5-13/h1,7,9,11-12H,2-6,8H2. The van der Waals surface area contributed by atoms with Crippen LogP contribution in [0.15, 0.2) is 16.8 Å². The summed E-state index contributed by atoms with van der Waals surface area (Å²) in [6.45, 7) is 4.33. The highest BCUT2D eigenvalue weighted by atomic mass is 32.2. The van der Waals surface area contributed by atoms with E-state index in [9.17, 15) is 8.42 Å². The van der Waals surface area contributed by atoms with Gasteiger partial charge >= 0.3 is 0 Å². The Morgan fingerprint density at radius 1 is 1.41 bits per heavy atom. The maximum atomic E-state index is 11.8. The van der Waals surface area contributed by atoms with E-state index in [1.165, 1.54) is 11.3 Å². The third kappa shape index (κ3) is 4.27. The van der Waals surface area contributed by atoms with Crippen LogP contribution in [-0.2, 0) is 10.0 Å². The molecule has 1 aromatic heterocycles. The number of hydrogen-bond acceptors (Lipinski definition) is 5. The van der Waals surface area contributed by atoms with Crippen molar-refractivity contribution in [1.29, 1.82) is 0 Å². The molecular formula is C10H17N3O2S2. The molecule has 2 rings (SSSR count). The summed E-state index contributed by atoms with van der Waals surface area (Å²) in [5.41, 5.74) is 0.662. The lowest BCUT2D eigenvalue weighted by Crippen LogP contribution is -2.45. The molecule has 0 amide bonds. The van der Waals surface area contributed by atoms with Gasteiger partial charge in [0, 0.05) is 38.1 Å². The summed E-state index contributed by atoms with van der Waals surface area (Å²) in [4.78, 5) is 2.17. The zero-order valence-corrected chi connectivity index (χ0v) is 11.2. The van der Waals surface area contributed by atoms with E-state index in [1.807, 2.05) is 5.38 Å². The molecule has 96 valence electrons. The van der Waals surface area contributed by atoms with Crippen molar-refractivity contribution in [2.45, 2.75) is 0 Å². The summed E-state index contributed by atoms with van der Waals surface area (Å²) >= 11 is 1.48. The summed E-state index contributed by atoms with van der Waals surface area (Å²) in [6.07, 6.45) is 0. The fraction of sp³-hybridized carbons (Fsp3) is 0.600. The van der Waals surface area contributed by atoms with Crippen LogP contribution >= 0.6 is 11.3 Å². The number of thiophene rings is 1. The van der Waals surface area contributed by atoms with Crippen molar-refractivity contribution in [3.8, 4) is 0 Å². The molecule has 1 aliphatic heterocycles. The van der Waals surface area contributed by atoms with E-state index in [1.54, 1.807) is 11.4 Å². The van der Waals surface area contributed by atoms with Gasteiger partial charge in [0.05, 0.1) is 11.4 Å². The lowest BCUT2D eigenvalue weighted by Gasteiger charge is -2.26. The fourth-order valence-electron chi connectivity index (χ4n) is 1.74. The van der Waals surface area contributed by atoms with Crippen LogP contribution in [0.2, 0.25) is 0 Å². The minimum Gasteiger partial charge on any atom is -0.314 e. The van der Waals surface area contributed by atoms with Gasteiger partial charge in [-0.1, -0.05) is 0 Å². The Morgan fingerprint density at radius 3 is 2.82 bits per heavy atom. The number of anilines is 1. The molecule has 0 spiro atoms. The van der Waals surface area contributed by atoms with Crippen LogP contribution in [-0.4, -0.2) is 51.8 Å². The Morgan fingerprint density at radius 2 is 2.18 bits per heavy atom. The lowest BCUT2D eigenvalue weighted by atomic mass is 10.4. The Hall–Kier alpha value is -0.630. The first-order chi connectivity index (χ1) is 8.16. The van der Waals surface area contributed by atoms with Crippen LogP contribution in [0.1, 0.15) is 0 Å². The average molecular weight is 275 g/mol. The van der Waals surface area contributed by atoms with Gasteiger partial charge in [0.15, 0.2) is 0 Å². The van der Waals surface area contributed by atoms with Gasteiger partial charge in [0.1, 0.15) is 0 Å². The molecule has 0 radical (unpaired) electrons. The number of piperazine rings is 1. The Labute approximate surface area is 106 Å². The minimum atomic E-state index is -3.21. The highest BCUT2D eigenvalue weighted by Gasteiger charge is 2.15. The maximum Gasteiger partial charge on any atom is 0.234 e. The zero-order chi connectivity index (χ0) is 12.1. The van der Waals surface area contributed by atoms with Crippen molar-refractivity contribution in [1.82, 2.24) is 10.2 Å². The van der Waals surface area contributed by atoms with E-state index >= 15 is 0 Å². The highest BCUT2D eigenvalue weighted by molar-refractivity contribution is 7.92. The molecule has 0 saturated carbocycles. The Balaban J connectivity index is 1.80. The number of sulfonamides is 1. The van der Waals surface area contributed by atoms with Gasteiger partial charge in [0.25, 0.3) is 0 Å². The normalized spacial score (nSPS) is 18.1. The van der Waals surface area contributed by atoms with Crippen LogP contribution in [0.3, 0.4) is 0 Å². The van der Waals surface area contributed by atoms with Gasteiger partial charge in [-0.3, -0.25) is 9.62 Å². The second-order valence-electron chi connectivity index (χ2n) is 4.02. The molecule has 1 saturated heterocycles. The van der Waals surface area contributed by atoms with Crippen LogP contribution < -0.4 is 10.0 Å². The number of rotatable bonds is 5. The molecule has 17 heavy (non-hydrogen) atoms. The second-order valence-corrected chi connectivity index (χ2v) is 6.65. The fourth-order valence-corrected chi connectivity index (χ4v) is 3.49. The lowest BCUT2D eigenvalue weighted by molar-refractivity contribution is 0.254. The number of hydrogen-bond donors (Lipinski definition) is 2. The molecule has 1 fully saturated rings. The molecule has 0 bridgehead atoms. The molecular weight excluding hydrogens is 258 g/mol. The third-order valence-electron chi connectivity index (χ3n) is 2.68. The van der Waals surface area contributed by atoms with Gasteiger partial charge in [-0.05, 0) is 11.4 Å². The Kier molecular flexibility index (Phi) is 4.38. The van der Waals surface area contributed by atoms with E-state index in [0.717, 1.165) is 26.2 Å². The first kappa shape index (κ1) is 12.8. The van der Waals surface area contributed by atoms with Crippen molar-refractivity contribution in [2.75, 3.05) is 43.2 Å². The quantitative estimate of drug-likeness (QED) is 0.816. The van der Waals surface area contributed by atoms with Gasteiger partial charge < -0.3 is 5.32 Å². The average Bonchev–Trinajstić information content (AvgIpc) is 2.80. The molecule has 0 aliphatic carbocycles. The SMILES string of the molecule is O=S(=O)(CCN1CCNCC1)Nc1ccsc1. The van der Waals surface area contributed by atoms with Crippen molar-refractivity contribution >= 4 is 27.0 Å². The monoisotopic (exact) mass is 275 g/mol. The Bertz CT molecular complexity index is 424. The molecule has 7 heteroatoms. The number of nitrogens with zero attached hydrogens (tertiary/aromatic N) is 1. The third-order valence-corrected chi connectivity index (χ3v) is 4.63. The molecule has 1 aliphatic rings. The van der Waals surface area contributed by atoms with E-state index in [-0.39, 0.29) is 5.75 Å². The molecule has 2 heterocycles. The van der Waals surface area contributed by atoms with E-state index in [4.69, 9.17) is 0 Å². The summed E-state index contributed by atoms with van der Waals surface area (Å²) in [5, 5.41) is 6.89. The minimum absolute atomic E-state index is 0.156. The first-order valence-corrected chi connectivity index (χ1v) is 8.21. The van der Waals surface area contributed by atoms with Crippen LogP contribution in [0.25, 0.3) is 0 Å². The highest BCUT2D eigenvalue weighted by Crippen LogP contribution is 2.13. The molecule has 0 unspecified atom stereocenters. The summed E-state index contributed by atoms with van der Waals surface area (Å²) in [6, 6.07) is 1.77. The second kappa shape index (κ2) is 5.81. The predicted molar refractivity (Wildman–Crippen MR) is 71.0 cm³/mol. The van der Waals surface area contributed by atoms with E-state index in [0.29, 0.717) is 12.2 Å². The topological polar surface area (TPSA) is 61.4 Å². The summed E-state index contributed by atoms with van der Waals surface area (Å²) in [5.74, 6) is 0.156. The van der Waals surface area contributed by atoms with Crippen LogP contribution in [0.5, 0.6) is 0 Å². The van der Waals surface area contributed by atoms with Gasteiger partial charge in [-0.15, -0.1) is 0 Å². The smallest absolute Gasteiger partial charge is 0.234 e. The van der Waals surface area contributed by atoms with Gasteiger partial charge in [-0.2, -0.15) is 11.3 Å². The molecule has 5 nitrogen and oxygen atoms in total. The van der Waals surface area contributed by atoms with Gasteiger partial charge in [-0.25, -0.2) is 8.42 Å². The molecule has 2 N–H and O–H groups in total. The first-order valence-electron chi connectivity index (χ1n) is 5.61. The van der Waals surface area contributed by atoms with Crippen LogP contribution in [0, 0.1) is 0 Å². The molecule has 1 aromatic rings. The summed E-state index contributed by atoms with van der Waals surface area (Å²) < 4.78 is 26.2. The van der Waals surface area contributed by atoms with Crippen molar-refractivity contribution in [2.24, 2.45) is 0 Å². The van der Waals surface area contributed by atoms with Gasteiger partial charge in [0.2, 0.25) is 10.0 Å². The number of nitrogens with one attached hydrogen (secondary N) is 2. The van der Waals surface area contributed by atoms with Crippen molar-refractivity contribution in [3.05, 3.63) is 16.8 Å². The predicted octanol–water partition coefficient (Wildman–Crippen LogP) is 0.395. The van der Waals surface area contributed by atoms with E-state index < -0.39 is 10.0 Å². The maximum absolute atomic E-state index is 11.8. The van der Waals surface area contributed by atoms with Crippen LogP contribution in [0.4, 0.5) is 5.69 Å². The molecule has 0 atom stereocenters. The zero-order valence-electron chi connectivity index (χ0n) is 9.55. The molecule has 0 aromatic carbocycles. The summed E-state index contributed by atoms with van der Waals surface area (Å²) in [7, 11) is -3.21. The largest absolute Gasteiger partial charge is 0.314 e.